The Kier molecular flexibility index (Phi) is 8.89. The Morgan fingerprint density at radius 1 is 1.36 bits per heavy atom. The van der Waals surface area contributed by atoms with Crippen LogP contribution in [0.25, 0.3) is 0 Å². The number of methoxy groups -OCH3 is 1. The Bertz CT molecular complexity index is 518. The van der Waals surface area contributed by atoms with Gasteiger partial charge in [-0.25, -0.2) is 9.78 Å². The standard InChI is InChI=1S/C13H17BrN2O4.C2H6/c1-13(2,7-17)6-15-11(18)9-5-4-8(14)10(16-9)12(19)20-3;1-2/h4-5,17H,6-7H2,1-3H3,(H,15,18);1-2H3. The molecule has 0 unspecified atom stereocenters. The van der Waals surface area contributed by atoms with E-state index in [2.05, 4.69) is 31.0 Å². The van der Waals surface area contributed by atoms with Crippen LogP contribution in [0.5, 0.6) is 0 Å². The fraction of sp³-hybridized carbons (Fsp3) is 0.533. The maximum atomic E-state index is 12.0. The Morgan fingerprint density at radius 3 is 2.45 bits per heavy atom. The molecule has 0 saturated carbocycles. The van der Waals surface area contributed by atoms with Gasteiger partial charge >= 0.3 is 5.97 Å². The lowest BCUT2D eigenvalue weighted by Gasteiger charge is -2.21. The summed E-state index contributed by atoms with van der Waals surface area (Å²) in [6.07, 6.45) is 0. The number of carbonyl (C=O) groups excluding carboxylic acids is 2. The van der Waals surface area contributed by atoms with Gasteiger partial charge in [0.25, 0.3) is 5.91 Å². The third kappa shape index (κ3) is 6.11. The van der Waals surface area contributed by atoms with E-state index < -0.39 is 17.3 Å². The van der Waals surface area contributed by atoms with Crippen molar-refractivity contribution in [3.05, 3.63) is 28.0 Å². The minimum atomic E-state index is -0.623. The molecule has 1 aromatic heterocycles. The molecule has 22 heavy (non-hydrogen) atoms. The van der Waals surface area contributed by atoms with Crippen LogP contribution in [0.15, 0.2) is 16.6 Å². The molecule has 1 heterocycles. The van der Waals surface area contributed by atoms with Crippen molar-refractivity contribution in [1.29, 1.82) is 0 Å². The van der Waals surface area contributed by atoms with E-state index >= 15 is 0 Å². The molecule has 0 aliphatic rings. The van der Waals surface area contributed by atoms with Crippen LogP contribution >= 0.6 is 15.9 Å². The first-order valence-corrected chi connectivity index (χ1v) is 7.74. The third-order valence-electron chi connectivity index (χ3n) is 2.61. The molecule has 1 rings (SSSR count). The Labute approximate surface area is 139 Å². The van der Waals surface area contributed by atoms with Crippen molar-refractivity contribution in [3.63, 3.8) is 0 Å². The average molecular weight is 375 g/mol. The zero-order valence-corrected chi connectivity index (χ0v) is 15.2. The molecule has 6 nitrogen and oxygen atoms in total. The highest BCUT2D eigenvalue weighted by molar-refractivity contribution is 9.10. The molecule has 1 amide bonds. The van der Waals surface area contributed by atoms with E-state index in [0.29, 0.717) is 11.0 Å². The Hall–Kier alpha value is -1.47. The zero-order chi connectivity index (χ0) is 17.3. The van der Waals surface area contributed by atoms with Crippen molar-refractivity contribution in [2.75, 3.05) is 20.3 Å². The topological polar surface area (TPSA) is 88.5 Å². The molecule has 0 atom stereocenters. The molecule has 124 valence electrons. The quantitative estimate of drug-likeness (QED) is 0.772. The van der Waals surface area contributed by atoms with Crippen LogP contribution in [0.3, 0.4) is 0 Å². The molecule has 2 N–H and O–H groups in total. The summed E-state index contributed by atoms with van der Waals surface area (Å²) in [7, 11) is 1.24. The molecule has 0 spiro atoms. The van der Waals surface area contributed by atoms with Gasteiger partial charge in [-0.2, -0.15) is 0 Å². The molecule has 7 heteroatoms. The summed E-state index contributed by atoms with van der Waals surface area (Å²) in [4.78, 5) is 27.4. The van der Waals surface area contributed by atoms with Crippen molar-refractivity contribution in [1.82, 2.24) is 10.3 Å². The maximum absolute atomic E-state index is 12.0. The number of carbonyl (C=O) groups is 2. The van der Waals surface area contributed by atoms with Crippen molar-refractivity contribution in [3.8, 4) is 0 Å². The van der Waals surface area contributed by atoms with Gasteiger partial charge in [0.1, 0.15) is 5.69 Å². The van der Waals surface area contributed by atoms with Gasteiger partial charge in [0, 0.05) is 18.6 Å². The fourth-order valence-electron chi connectivity index (χ4n) is 1.27. The number of nitrogens with one attached hydrogen (secondary N) is 1. The van der Waals surface area contributed by atoms with E-state index in [1.807, 2.05) is 27.7 Å². The smallest absolute Gasteiger partial charge is 0.357 e. The predicted molar refractivity (Wildman–Crippen MR) is 87.8 cm³/mol. The molecule has 1 aromatic rings. The third-order valence-corrected chi connectivity index (χ3v) is 3.25. The van der Waals surface area contributed by atoms with Crippen molar-refractivity contribution in [2.45, 2.75) is 27.7 Å². The van der Waals surface area contributed by atoms with Crippen LogP contribution in [-0.4, -0.2) is 42.2 Å². The van der Waals surface area contributed by atoms with Crippen LogP contribution < -0.4 is 5.32 Å². The number of aliphatic hydroxyl groups is 1. The fourth-order valence-corrected chi connectivity index (χ4v) is 1.66. The number of halogens is 1. The molecule has 0 saturated heterocycles. The first-order valence-electron chi connectivity index (χ1n) is 6.94. The molecule has 0 aliphatic heterocycles. The van der Waals surface area contributed by atoms with E-state index in [9.17, 15) is 9.59 Å². The average Bonchev–Trinajstić information content (AvgIpc) is 2.54. The number of hydrogen-bond acceptors (Lipinski definition) is 5. The molecular formula is C15H23BrN2O4. The number of nitrogens with zero attached hydrogens (tertiary/aromatic N) is 1. The number of esters is 1. The van der Waals surface area contributed by atoms with Crippen molar-refractivity contribution < 1.29 is 19.4 Å². The molecule has 0 bridgehead atoms. The predicted octanol–water partition coefficient (Wildman–Crippen LogP) is 2.41. The summed E-state index contributed by atoms with van der Waals surface area (Å²) in [6.45, 7) is 7.90. The van der Waals surface area contributed by atoms with E-state index in [1.165, 1.54) is 13.2 Å². The molecule has 0 fully saturated rings. The van der Waals surface area contributed by atoms with Crippen LogP contribution in [0.2, 0.25) is 0 Å². The number of rotatable bonds is 5. The summed E-state index contributed by atoms with van der Waals surface area (Å²) in [6, 6.07) is 3.06. The first-order chi connectivity index (χ1) is 10.3. The van der Waals surface area contributed by atoms with Crippen molar-refractivity contribution in [2.24, 2.45) is 5.41 Å². The van der Waals surface area contributed by atoms with E-state index in [-0.39, 0.29) is 18.0 Å². The Balaban J connectivity index is 0.00000211. The largest absolute Gasteiger partial charge is 0.464 e. The zero-order valence-electron chi connectivity index (χ0n) is 13.6. The lowest BCUT2D eigenvalue weighted by molar-refractivity contribution is 0.0592. The van der Waals surface area contributed by atoms with Crippen LogP contribution in [0.1, 0.15) is 48.7 Å². The minimum absolute atomic E-state index is 0.0431. The van der Waals surface area contributed by atoms with E-state index in [1.54, 1.807) is 6.07 Å². The van der Waals surface area contributed by atoms with Gasteiger partial charge in [-0.05, 0) is 28.1 Å². The monoisotopic (exact) mass is 374 g/mol. The summed E-state index contributed by atoms with van der Waals surface area (Å²) in [5.74, 6) is -1.04. The van der Waals surface area contributed by atoms with Crippen LogP contribution in [-0.2, 0) is 4.74 Å². The number of hydrogen-bond donors (Lipinski definition) is 2. The van der Waals surface area contributed by atoms with E-state index in [4.69, 9.17) is 5.11 Å². The van der Waals surface area contributed by atoms with Gasteiger partial charge in [0.15, 0.2) is 5.69 Å². The summed E-state index contributed by atoms with van der Waals surface area (Å²) >= 11 is 3.17. The maximum Gasteiger partial charge on any atom is 0.357 e. The second-order valence-electron chi connectivity index (χ2n) is 5.02. The highest BCUT2D eigenvalue weighted by atomic mass is 79.9. The normalized spacial score (nSPS) is 10.3. The minimum Gasteiger partial charge on any atom is -0.464 e. The number of pyridine rings is 1. The summed E-state index contributed by atoms with van der Waals surface area (Å²) in [5, 5.41) is 11.8. The molecule has 0 aliphatic carbocycles. The lowest BCUT2D eigenvalue weighted by atomic mass is 9.95. The number of aromatic nitrogens is 1. The van der Waals surface area contributed by atoms with Gasteiger partial charge in [-0.15, -0.1) is 0 Å². The van der Waals surface area contributed by atoms with Gasteiger partial charge in [0.2, 0.25) is 0 Å². The summed E-state index contributed by atoms with van der Waals surface area (Å²) < 4.78 is 5.04. The van der Waals surface area contributed by atoms with Gasteiger partial charge in [-0.1, -0.05) is 27.7 Å². The second-order valence-corrected chi connectivity index (χ2v) is 5.88. The number of amides is 1. The molecule has 0 aromatic carbocycles. The highest BCUT2D eigenvalue weighted by Crippen LogP contribution is 2.16. The van der Waals surface area contributed by atoms with Crippen molar-refractivity contribution >= 4 is 27.8 Å². The van der Waals surface area contributed by atoms with Gasteiger partial charge < -0.3 is 15.2 Å². The second kappa shape index (κ2) is 9.53. The van der Waals surface area contributed by atoms with Gasteiger partial charge in [-0.3, -0.25) is 4.79 Å². The van der Waals surface area contributed by atoms with Gasteiger partial charge in [0.05, 0.1) is 11.6 Å². The first kappa shape index (κ1) is 20.5. The number of ether oxygens (including phenoxy) is 1. The lowest BCUT2D eigenvalue weighted by Crippen LogP contribution is -2.36. The Morgan fingerprint density at radius 2 is 1.95 bits per heavy atom. The van der Waals surface area contributed by atoms with Crippen LogP contribution in [0.4, 0.5) is 0 Å². The van der Waals surface area contributed by atoms with E-state index in [0.717, 1.165) is 0 Å². The number of aliphatic hydroxyl groups excluding tert-OH is 1. The highest BCUT2D eigenvalue weighted by Gasteiger charge is 2.20. The molecule has 0 radical (unpaired) electrons. The van der Waals surface area contributed by atoms with Crippen LogP contribution in [0, 0.1) is 5.41 Å². The SMILES string of the molecule is CC.COC(=O)c1nc(C(=O)NCC(C)(C)CO)ccc1Br. The summed E-state index contributed by atoms with van der Waals surface area (Å²) in [5.41, 5.74) is -0.264. The molecular weight excluding hydrogens is 352 g/mol.